The van der Waals surface area contributed by atoms with Gasteiger partial charge in [-0.3, -0.25) is 9.59 Å². The van der Waals surface area contributed by atoms with Crippen LogP contribution in [0.25, 0.3) is 0 Å². The summed E-state index contributed by atoms with van der Waals surface area (Å²) in [6, 6.07) is 7.84. The van der Waals surface area contributed by atoms with Gasteiger partial charge >= 0.3 is 0 Å². The van der Waals surface area contributed by atoms with E-state index in [9.17, 15) is 9.59 Å². The highest BCUT2D eigenvalue weighted by atomic mass is 16.7. The maximum absolute atomic E-state index is 12.9. The lowest BCUT2D eigenvalue weighted by atomic mass is 10.0. The Balaban J connectivity index is 1.30. The second-order valence-electron chi connectivity index (χ2n) is 7.74. The zero-order valence-electron chi connectivity index (χ0n) is 16.4. The van der Waals surface area contributed by atoms with Crippen LogP contribution in [0.4, 0.5) is 0 Å². The second-order valence-corrected chi connectivity index (χ2v) is 7.74. The fourth-order valence-corrected chi connectivity index (χ4v) is 4.43. The summed E-state index contributed by atoms with van der Waals surface area (Å²) in [6.07, 6.45) is 2.44. The molecule has 1 atom stereocenters. The van der Waals surface area contributed by atoms with Crippen LogP contribution in [-0.4, -0.2) is 73.9 Å². The number of likely N-dealkylation sites (tertiary alicyclic amines) is 2. The first-order chi connectivity index (χ1) is 13.6. The first-order valence-electron chi connectivity index (χ1n) is 10.1. The first kappa shape index (κ1) is 19.2. The quantitative estimate of drug-likeness (QED) is 0.764. The van der Waals surface area contributed by atoms with Crippen molar-refractivity contribution in [3.05, 3.63) is 29.8 Å². The molecule has 7 heteroatoms. The lowest BCUT2D eigenvalue weighted by molar-refractivity contribution is -0.188. The highest BCUT2D eigenvalue weighted by molar-refractivity contribution is 5.89. The molecule has 1 spiro atoms. The van der Waals surface area contributed by atoms with E-state index in [4.69, 9.17) is 14.2 Å². The van der Waals surface area contributed by atoms with Gasteiger partial charge in [-0.2, -0.15) is 0 Å². The lowest BCUT2D eigenvalue weighted by Crippen LogP contribution is -2.49. The number of piperidine rings is 1. The molecule has 3 fully saturated rings. The van der Waals surface area contributed by atoms with Crippen LogP contribution < -0.4 is 4.74 Å². The first-order valence-corrected chi connectivity index (χ1v) is 10.1. The second kappa shape index (κ2) is 8.09. The van der Waals surface area contributed by atoms with Gasteiger partial charge in [-0.1, -0.05) is 18.2 Å². The zero-order valence-corrected chi connectivity index (χ0v) is 16.4. The van der Waals surface area contributed by atoms with E-state index in [-0.39, 0.29) is 17.7 Å². The molecule has 0 aliphatic carbocycles. The van der Waals surface area contributed by atoms with Crippen molar-refractivity contribution in [3.8, 4) is 5.75 Å². The van der Waals surface area contributed by atoms with Crippen molar-refractivity contribution in [3.63, 3.8) is 0 Å². The predicted molar refractivity (Wildman–Crippen MR) is 102 cm³/mol. The highest BCUT2D eigenvalue weighted by Crippen LogP contribution is 2.32. The van der Waals surface area contributed by atoms with Gasteiger partial charge in [-0.05, 0) is 18.1 Å². The maximum atomic E-state index is 12.9. The maximum Gasteiger partial charge on any atom is 0.228 e. The number of hydrogen-bond donors (Lipinski definition) is 0. The van der Waals surface area contributed by atoms with Crippen molar-refractivity contribution >= 4 is 11.8 Å². The van der Waals surface area contributed by atoms with E-state index in [0.717, 1.165) is 17.7 Å². The third-order valence-corrected chi connectivity index (χ3v) is 6.06. The number of rotatable bonds is 5. The molecule has 28 heavy (non-hydrogen) atoms. The Morgan fingerprint density at radius 3 is 2.64 bits per heavy atom. The fraction of sp³-hybridized carbons (Fsp3) is 0.619. The number of carbonyl (C=O) groups excluding carboxylic acids is 2. The third-order valence-electron chi connectivity index (χ3n) is 6.06. The van der Waals surface area contributed by atoms with E-state index in [1.807, 2.05) is 34.1 Å². The molecular formula is C21H28N2O5. The molecule has 0 bridgehead atoms. The van der Waals surface area contributed by atoms with Crippen LogP contribution >= 0.6 is 0 Å². The summed E-state index contributed by atoms with van der Waals surface area (Å²) in [6.45, 7) is 3.63. The van der Waals surface area contributed by atoms with Gasteiger partial charge in [-0.15, -0.1) is 0 Å². The molecule has 152 valence electrons. The number of benzene rings is 1. The summed E-state index contributed by atoms with van der Waals surface area (Å²) in [7, 11) is 1.65. The van der Waals surface area contributed by atoms with Gasteiger partial charge in [0, 0.05) is 45.4 Å². The topological polar surface area (TPSA) is 68.3 Å². The minimum Gasteiger partial charge on any atom is -0.496 e. The molecule has 3 aliphatic rings. The summed E-state index contributed by atoms with van der Waals surface area (Å²) in [5.74, 6) is 0.249. The fourth-order valence-electron chi connectivity index (χ4n) is 4.43. The Bertz CT molecular complexity index is 721. The van der Waals surface area contributed by atoms with Crippen LogP contribution in [0, 0.1) is 5.92 Å². The Morgan fingerprint density at radius 2 is 1.93 bits per heavy atom. The smallest absolute Gasteiger partial charge is 0.228 e. The molecular weight excluding hydrogens is 360 g/mol. The van der Waals surface area contributed by atoms with Crippen LogP contribution in [0.5, 0.6) is 5.75 Å². The number of nitrogens with zero attached hydrogens (tertiary/aromatic N) is 2. The molecule has 4 rings (SSSR count). The number of methoxy groups -OCH3 is 1. The molecule has 1 unspecified atom stereocenters. The Labute approximate surface area is 165 Å². The van der Waals surface area contributed by atoms with Crippen LogP contribution in [0.2, 0.25) is 0 Å². The molecule has 1 aromatic carbocycles. The molecule has 7 nitrogen and oxygen atoms in total. The normalized spacial score (nSPS) is 24.2. The molecule has 1 aromatic rings. The minimum absolute atomic E-state index is 0.0594. The largest absolute Gasteiger partial charge is 0.496 e. The van der Waals surface area contributed by atoms with Crippen molar-refractivity contribution in [2.75, 3.05) is 46.5 Å². The van der Waals surface area contributed by atoms with Crippen molar-refractivity contribution in [2.24, 2.45) is 5.92 Å². The monoisotopic (exact) mass is 388 g/mol. The van der Waals surface area contributed by atoms with E-state index < -0.39 is 5.79 Å². The third kappa shape index (κ3) is 3.86. The average molecular weight is 388 g/mol. The molecule has 0 radical (unpaired) electrons. The molecule has 0 N–H and O–H groups in total. The average Bonchev–Trinajstić information content (AvgIpc) is 3.33. The SMILES string of the molecule is COc1ccccc1CCN1CC(C(=O)N2CCC3(CC2)OCCO3)CC1=O. The predicted octanol–water partition coefficient (Wildman–Crippen LogP) is 1.45. The Kier molecular flexibility index (Phi) is 5.55. The molecule has 0 saturated carbocycles. The van der Waals surface area contributed by atoms with Crippen molar-refractivity contribution in [1.29, 1.82) is 0 Å². The number of carbonyl (C=O) groups is 2. The summed E-state index contributed by atoms with van der Waals surface area (Å²) < 4.78 is 16.8. The standard InChI is InChI=1S/C21H28N2O5/c1-26-18-5-3-2-4-16(18)6-9-23-15-17(14-19(23)24)20(25)22-10-7-21(8-11-22)27-12-13-28-21/h2-5,17H,6-15H2,1H3. The van der Waals surface area contributed by atoms with Crippen molar-refractivity contribution in [2.45, 2.75) is 31.5 Å². The van der Waals surface area contributed by atoms with Gasteiger partial charge in [0.05, 0.1) is 26.2 Å². The van der Waals surface area contributed by atoms with Gasteiger partial charge in [0.1, 0.15) is 5.75 Å². The van der Waals surface area contributed by atoms with E-state index in [1.54, 1.807) is 7.11 Å². The van der Waals surface area contributed by atoms with Gasteiger partial charge in [0.2, 0.25) is 11.8 Å². The molecule has 3 saturated heterocycles. The van der Waals surface area contributed by atoms with Gasteiger partial charge < -0.3 is 24.0 Å². The van der Waals surface area contributed by atoms with Crippen LogP contribution in [0.3, 0.4) is 0 Å². The summed E-state index contributed by atoms with van der Waals surface area (Å²) in [4.78, 5) is 29.0. The number of ether oxygens (including phenoxy) is 3. The number of amides is 2. The van der Waals surface area contributed by atoms with Crippen molar-refractivity contribution < 1.29 is 23.8 Å². The van der Waals surface area contributed by atoms with Gasteiger partial charge in [0.25, 0.3) is 0 Å². The summed E-state index contributed by atoms with van der Waals surface area (Å²) >= 11 is 0. The van der Waals surface area contributed by atoms with Crippen LogP contribution in [0.15, 0.2) is 24.3 Å². The van der Waals surface area contributed by atoms with Crippen LogP contribution in [0.1, 0.15) is 24.8 Å². The van der Waals surface area contributed by atoms with Crippen LogP contribution in [-0.2, 0) is 25.5 Å². The highest BCUT2D eigenvalue weighted by Gasteiger charge is 2.43. The Hall–Kier alpha value is -2.12. The molecule has 2 amide bonds. The van der Waals surface area contributed by atoms with E-state index in [0.29, 0.717) is 58.7 Å². The Morgan fingerprint density at radius 1 is 1.21 bits per heavy atom. The number of hydrogen-bond acceptors (Lipinski definition) is 5. The zero-order chi connectivity index (χ0) is 19.6. The minimum atomic E-state index is -0.483. The molecule has 0 aromatic heterocycles. The van der Waals surface area contributed by atoms with Crippen molar-refractivity contribution in [1.82, 2.24) is 9.80 Å². The summed E-state index contributed by atoms with van der Waals surface area (Å²) in [5.41, 5.74) is 1.07. The lowest BCUT2D eigenvalue weighted by Gasteiger charge is -2.38. The molecule has 3 aliphatic heterocycles. The van der Waals surface area contributed by atoms with E-state index >= 15 is 0 Å². The van der Waals surface area contributed by atoms with Gasteiger partial charge in [-0.25, -0.2) is 0 Å². The van der Waals surface area contributed by atoms with E-state index in [1.165, 1.54) is 0 Å². The summed E-state index contributed by atoms with van der Waals surface area (Å²) in [5, 5.41) is 0. The number of para-hydroxylation sites is 1. The van der Waals surface area contributed by atoms with Gasteiger partial charge in [0.15, 0.2) is 5.79 Å². The van der Waals surface area contributed by atoms with E-state index in [2.05, 4.69) is 0 Å². The molecule has 3 heterocycles.